The Kier molecular flexibility index (Phi) is 4.06. The number of amides is 1. The number of carbonyl (C=O) groups excluding carboxylic acids is 1. The molecule has 1 saturated heterocycles. The number of anilines is 2. The molecule has 4 heterocycles. The average molecular weight is 343 g/mol. The minimum absolute atomic E-state index is 0.132. The maximum Gasteiger partial charge on any atom is 0.412 e. The van der Waals surface area contributed by atoms with Crippen LogP contribution in [0.2, 0.25) is 0 Å². The molecule has 0 spiro atoms. The molecule has 1 fully saturated rings. The molecule has 124 valence electrons. The van der Waals surface area contributed by atoms with Gasteiger partial charge in [-0.25, -0.2) is 9.78 Å². The van der Waals surface area contributed by atoms with Crippen LogP contribution in [0.3, 0.4) is 0 Å². The SMILES string of the molecule is O=C(NC1CCNC1)Oc1ccsc1Nc1ccnc2[nH]ccc12. The zero-order valence-electron chi connectivity index (χ0n) is 12.8. The van der Waals surface area contributed by atoms with Crippen molar-refractivity contribution in [2.75, 3.05) is 18.4 Å². The minimum Gasteiger partial charge on any atom is -0.407 e. The molecule has 0 aliphatic carbocycles. The molecule has 0 radical (unpaired) electrons. The monoisotopic (exact) mass is 343 g/mol. The predicted octanol–water partition coefficient (Wildman–Crippen LogP) is 2.82. The summed E-state index contributed by atoms with van der Waals surface area (Å²) in [6, 6.07) is 5.77. The number of fused-ring (bicyclic) bond motifs is 1. The Labute approximate surface area is 142 Å². The van der Waals surface area contributed by atoms with Crippen LogP contribution in [0.1, 0.15) is 6.42 Å². The summed E-state index contributed by atoms with van der Waals surface area (Å²) >= 11 is 1.48. The molecule has 1 atom stereocenters. The number of thiophene rings is 1. The van der Waals surface area contributed by atoms with Gasteiger partial charge in [0.1, 0.15) is 10.6 Å². The number of aromatic nitrogens is 2. The standard InChI is InChI=1S/C16H17N5O2S/c22-16(20-10-1-5-17-9-10)23-13-4-8-24-15(13)21-12-3-7-19-14-11(12)2-6-18-14/h2-4,6-8,10,17H,1,5,9H2,(H,20,22)(H2,18,19,21). The maximum absolute atomic E-state index is 12.0. The molecule has 4 rings (SSSR count). The predicted molar refractivity (Wildman–Crippen MR) is 94.1 cm³/mol. The van der Waals surface area contributed by atoms with E-state index in [9.17, 15) is 4.79 Å². The smallest absolute Gasteiger partial charge is 0.407 e. The highest BCUT2D eigenvalue weighted by atomic mass is 32.1. The van der Waals surface area contributed by atoms with Gasteiger partial charge < -0.3 is 25.7 Å². The second kappa shape index (κ2) is 6.50. The van der Waals surface area contributed by atoms with E-state index in [0.29, 0.717) is 5.75 Å². The fourth-order valence-electron chi connectivity index (χ4n) is 2.74. The highest BCUT2D eigenvalue weighted by molar-refractivity contribution is 7.14. The number of pyridine rings is 1. The van der Waals surface area contributed by atoms with Crippen molar-refractivity contribution < 1.29 is 9.53 Å². The van der Waals surface area contributed by atoms with Crippen molar-refractivity contribution in [3.8, 4) is 5.75 Å². The van der Waals surface area contributed by atoms with Crippen molar-refractivity contribution in [2.45, 2.75) is 12.5 Å². The van der Waals surface area contributed by atoms with Crippen molar-refractivity contribution in [2.24, 2.45) is 0 Å². The van der Waals surface area contributed by atoms with E-state index in [1.54, 1.807) is 12.3 Å². The molecule has 0 saturated carbocycles. The van der Waals surface area contributed by atoms with E-state index in [1.807, 2.05) is 23.7 Å². The molecule has 1 aliphatic rings. The Hall–Kier alpha value is -2.58. The van der Waals surface area contributed by atoms with Gasteiger partial charge in [0.25, 0.3) is 0 Å². The molecule has 4 N–H and O–H groups in total. The number of hydrogen-bond donors (Lipinski definition) is 4. The van der Waals surface area contributed by atoms with Gasteiger partial charge in [0, 0.05) is 30.4 Å². The van der Waals surface area contributed by atoms with Crippen LogP contribution in [-0.4, -0.2) is 35.2 Å². The normalized spacial score (nSPS) is 17.1. The Morgan fingerprint density at radius 2 is 2.33 bits per heavy atom. The van der Waals surface area contributed by atoms with E-state index < -0.39 is 6.09 Å². The summed E-state index contributed by atoms with van der Waals surface area (Å²) in [6.07, 6.45) is 4.07. The van der Waals surface area contributed by atoms with E-state index in [1.165, 1.54) is 11.3 Å². The molecule has 8 heteroatoms. The lowest BCUT2D eigenvalue weighted by atomic mass is 10.3. The largest absolute Gasteiger partial charge is 0.412 e. The summed E-state index contributed by atoms with van der Waals surface area (Å²) in [5.41, 5.74) is 1.72. The molecular weight excluding hydrogens is 326 g/mol. The van der Waals surface area contributed by atoms with Crippen LogP contribution in [0.4, 0.5) is 15.5 Å². The highest BCUT2D eigenvalue weighted by Gasteiger charge is 2.19. The number of rotatable bonds is 4. The van der Waals surface area contributed by atoms with Crippen molar-refractivity contribution in [3.05, 3.63) is 36.0 Å². The first-order valence-corrected chi connectivity index (χ1v) is 8.63. The molecule has 1 unspecified atom stereocenters. The van der Waals surface area contributed by atoms with Crippen LogP contribution in [0.15, 0.2) is 36.0 Å². The van der Waals surface area contributed by atoms with Gasteiger partial charge in [-0.1, -0.05) is 0 Å². The fourth-order valence-corrected chi connectivity index (χ4v) is 3.46. The quantitative estimate of drug-likeness (QED) is 0.585. The number of nitrogens with zero attached hydrogens (tertiary/aromatic N) is 1. The molecule has 0 bridgehead atoms. The fraction of sp³-hybridized carbons (Fsp3) is 0.250. The Balaban J connectivity index is 1.48. The van der Waals surface area contributed by atoms with Gasteiger partial charge in [0.2, 0.25) is 0 Å². The lowest BCUT2D eigenvalue weighted by Gasteiger charge is -2.12. The second-order valence-electron chi connectivity index (χ2n) is 5.56. The summed E-state index contributed by atoms with van der Waals surface area (Å²) in [6.45, 7) is 1.71. The minimum atomic E-state index is -0.424. The van der Waals surface area contributed by atoms with Gasteiger partial charge in [0.15, 0.2) is 5.75 Å². The molecule has 24 heavy (non-hydrogen) atoms. The lowest BCUT2D eigenvalue weighted by Crippen LogP contribution is -2.38. The molecule has 1 amide bonds. The van der Waals surface area contributed by atoms with E-state index in [-0.39, 0.29) is 6.04 Å². The van der Waals surface area contributed by atoms with Gasteiger partial charge in [-0.05, 0) is 36.5 Å². The van der Waals surface area contributed by atoms with Gasteiger partial charge in [-0.3, -0.25) is 0 Å². The molecular formula is C16H17N5O2S. The number of nitrogens with one attached hydrogen (secondary N) is 4. The summed E-state index contributed by atoms with van der Waals surface area (Å²) in [5, 5.41) is 13.1. The summed E-state index contributed by atoms with van der Waals surface area (Å²) in [7, 11) is 0. The number of carbonyl (C=O) groups is 1. The van der Waals surface area contributed by atoms with Crippen molar-refractivity contribution >= 4 is 39.2 Å². The maximum atomic E-state index is 12.0. The molecule has 0 aromatic carbocycles. The van der Waals surface area contributed by atoms with Crippen LogP contribution in [0.5, 0.6) is 5.75 Å². The molecule has 7 nitrogen and oxygen atoms in total. The van der Waals surface area contributed by atoms with Gasteiger partial charge in [0.05, 0.1) is 5.69 Å². The topological polar surface area (TPSA) is 91.1 Å². The van der Waals surface area contributed by atoms with Crippen LogP contribution in [-0.2, 0) is 0 Å². The number of ether oxygens (including phenoxy) is 1. The van der Waals surface area contributed by atoms with Crippen LogP contribution >= 0.6 is 11.3 Å². The summed E-state index contributed by atoms with van der Waals surface area (Å²) in [4.78, 5) is 19.4. The average Bonchev–Trinajstić information content (AvgIpc) is 3.30. The van der Waals surface area contributed by atoms with Crippen molar-refractivity contribution in [3.63, 3.8) is 0 Å². The number of aromatic amines is 1. The van der Waals surface area contributed by atoms with Crippen molar-refractivity contribution in [1.82, 2.24) is 20.6 Å². The van der Waals surface area contributed by atoms with Crippen LogP contribution in [0, 0.1) is 0 Å². The van der Waals surface area contributed by atoms with E-state index >= 15 is 0 Å². The Morgan fingerprint density at radius 3 is 3.21 bits per heavy atom. The Morgan fingerprint density at radius 1 is 1.38 bits per heavy atom. The zero-order valence-corrected chi connectivity index (χ0v) is 13.7. The van der Waals surface area contributed by atoms with Crippen molar-refractivity contribution in [1.29, 1.82) is 0 Å². The summed E-state index contributed by atoms with van der Waals surface area (Å²) in [5.74, 6) is 0.518. The Bertz CT molecular complexity index is 853. The third kappa shape index (κ3) is 3.06. The third-order valence-electron chi connectivity index (χ3n) is 3.92. The zero-order chi connectivity index (χ0) is 16.4. The second-order valence-corrected chi connectivity index (χ2v) is 6.48. The van der Waals surface area contributed by atoms with E-state index in [4.69, 9.17) is 4.74 Å². The van der Waals surface area contributed by atoms with E-state index in [0.717, 1.165) is 41.2 Å². The first-order chi connectivity index (χ1) is 11.8. The van der Waals surface area contributed by atoms with Gasteiger partial charge >= 0.3 is 6.09 Å². The highest BCUT2D eigenvalue weighted by Crippen LogP contribution is 2.35. The third-order valence-corrected chi connectivity index (χ3v) is 4.73. The van der Waals surface area contributed by atoms with Gasteiger partial charge in [-0.15, -0.1) is 11.3 Å². The number of hydrogen-bond acceptors (Lipinski definition) is 6. The van der Waals surface area contributed by atoms with Gasteiger partial charge in [-0.2, -0.15) is 0 Å². The van der Waals surface area contributed by atoms with Crippen LogP contribution < -0.4 is 20.7 Å². The lowest BCUT2D eigenvalue weighted by molar-refractivity contribution is 0.197. The molecule has 3 aromatic heterocycles. The van der Waals surface area contributed by atoms with E-state index in [2.05, 4.69) is 25.9 Å². The molecule has 3 aromatic rings. The summed E-state index contributed by atoms with van der Waals surface area (Å²) < 4.78 is 5.46. The first-order valence-electron chi connectivity index (χ1n) is 7.75. The number of H-pyrrole nitrogens is 1. The first kappa shape index (κ1) is 15.0. The van der Waals surface area contributed by atoms with Crippen LogP contribution in [0.25, 0.3) is 11.0 Å². The molecule has 1 aliphatic heterocycles.